The number of sulfonamides is 1. The molecule has 0 atom stereocenters. The molecule has 0 spiro atoms. The van der Waals surface area contributed by atoms with Crippen molar-refractivity contribution in [3.63, 3.8) is 0 Å². The van der Waals surface area contributed by atoms with Gasteiger partial charge < -0.3 is 9.84 Å². The van der Waals surface area contributed by atoms with E-state index in [-0.39, 0.29) is 29.6 Å². The van der Waals surface area contributed by atoms with Crippen LogP contribution in [0.3, 0.4) is 0 Å². The van der Waals surface area contributed by atoms with Crippen molar-refractivity contribution in [1.82, 2.24) is 20.2 Å². The molecule has 1 aromatic carbocycles. The number of aryl methyl sites for hydroxylation is 3. The maximum absolute atomic E-state index is 12.9. The van der Waals surface area contributed by atoms with Crippen LogP contribution >= 0.6 is 11.3 Å². The van der Waals surface area contributed by atoms with Crippen LogP contribution in [0.15, 0.2) is 51.9 Å². The summed E-state index contributed by atoms with van der Waals surface area (Å²) >= 11 is 1.57. The summed E-state index contributed by atoms with van der Waals surface area (Å²) in [7, 11) is -3.65. The van der Waals surface area contributed by atoms with Gasteiger partial charge in [0.15, 0.2) is 0 Å². The van der Waals surface area contributed by atoms with Crippen molar-refractivity contribution in [2.24, 2.45) is 0 Å². The van der Waals surface area contributed by atoms with Crippen molar-refractivity contribution in [3.8, 4) is 10.6 Å². The van der Waals surface area contributed by atoms with Crippen LogP contribution in [-0.2, 0) is 10.0 Å². The zero-order chi connectivity index (χ0) is 22.9. The molecule has 4 rings (SSSR count). The minimum absolute atomic E-state index is 0.0514. The Morgan fingerprint density at radius 2 is 1.81 bits per heavy atom. The molecule has 0 aliphatic rings. The summed E-state index contributed by atoms with van der Waals surface area (Å²) in [4.78, 5) is 19.7. The van der Waals surface area contributed by atoms with Gasteiger partial charge in [-0.3, -0.25) is 4.79 Å². The van der Waals surface area contributed by atoms with Gasteiger partial charge in [0.25, 0.3) is 11.6 Å². The number of amides is 1. The van der Waals surface area contributed by atoms with Crippen molar-refractivity contribution in [2.45, 2.75) is 25.7 Å². The second kappa shape index (κ2) is 8.81. The Balaban J connectivity index is 1.49. The van der Waals surface area contributed by atoms with Gasteiger partial charge in [0.05, 0.1) is 32.1 Å². The molecule has 0 radical (unpaired) electrons. The van der Waals surface area contributed by atoms with Crippen LogP contribution in [0.25, 0.3) is 21.7 Å². The van der Waals surface area contributed by atoms with Crippen molar-refractivity contribution in [2.75, 3.05) is 13.1 Å². The summed E-state index contributed by atoms with van der Waals surface area (Å²) in [6.45, 7) is 5.80. The van der Waals surface area contributed by atoms with E-state index in [0.717, 1.165) is 15.3 Å². The molecule has 10 heteroatoms. The predicted octanol–water partition coefficient (Wildman–Crippen LogP) is 3.58. The smallest absolute Gasteiger partial charge is 0.259 e. The van der Waals surface area contributed by atoms with E-state index in [1.165, 1.54) is 0 Å². The van der Waals surface area contributed by atoms with Crippen LogP contribution in [0.2, 0.25) is 0 Å². The SMILES string of the molecule is Cc1ccc(S(=O)(=O)NCCNC(=O)c2cc(-c3ccc(C)s3)nc3onc(C)c23)cc1. The minimum atomic E-state index is -3.65. The number of hydrogen-bond acceptors (Lipinski definition) is 7. The van der Waals surface area contributed by atoms with Crippen LogP contribution in [0.4, 0.5) is 0 Å². The molecule has 4 aromatic rings. The Kier molecular flexibility index (Phi) is 6.09. The monoisotopic (exact) mass is 470 g/mol. The third-order valence-corrected chi connectivity index (χ3v) is 7.39. The average molecular weight is 471 g/mol. The van der Waals surface area contributed by atoms with Crippen molar-refractivity contribution >= 4 is 38.4 Å². The molecule has 1 amide bonds. The molecular formula is C22H22N4O4S2. The maximum atomic E-state index is 12.9. The first kappa shape index (κ1) is 22.1. The van der Waals surface area contributed by atoms with Crippen LogP contribution in [0, 0.1) is 20.8 Å². The van der Waals surface area contributed by atoms with E-state index in [2.05, 4.69) is 20.2 Å². The molecule has 0 aliphatic heterocycles. The number of pyridine rings is 1. The van der Waals surface area contributed by atoms with Gasteiger partial charge in [0.2, 0.25) is 10.0 Å². The number of fused-ring (bicyclic) bond motifs is 1. The van der Waals surface area contributed by atoms with E-state index < -0.39 is 10.0 Å². The predicted molar refractivity (Wildman–Crippen MR) is 123 cm³/mol. The summed E-state index contributed by atoms with van der Waals surface area (Å²) in [5.41, 5.74) is 2.83. The van der Waals surface area contributed by atoms with E-state index in [1.54, 1.807) is 48.6 Å². The van der Waals surface area contributed by atoms with Gasteiger partial charge in [-0.1, -0.05) is 22.9 Å². The third-order valence-electron chi connectivity index (χ3n) is 4.89. The quantitative estimate of drug-likeness (QED) is 0.399. The molecule has 166 valence electrons. The number of thiophene rings is 1. The van der Waals surface area contributed by atoms with E-state index >= 15 is 0 Å². The highest BCUT2D eigenvalue weighted by atomic mass is 32.2. The second-order valence-corrected chi connectivity index (χ2v) is 10.4. The van der Waals surface area contributed by atoms with Crippen molar-refractivity contribution in [3.05, 3.63) is 64.2 Å². The lowest BCUT2D eigenvalue weighted by molar-refractivity contribution is 0.0956. The fraction of sp³-hybridized carbons (Fsp3) is 0.227. The molecule has 0 aliphatic carbocycles. The van der Waals surface area contributed by atoms with Gasteiger partial charge in [-0.05, 0) is 51.1 Å². The van der Waals surface area contributed by atoms with Gasteiger partial charge in [0, 0.05) is 18.0 Å². The van der Waals surface area contributed by atoms with E-state index in [9.17, 15) is 13.2 Å². The second-order valence-electron chi connectivity index (χ2n) is 7.38. The van der Waals surface area contributed by atoms with Gasteiger partial charge in [0.1, 0.15) is 0 Å². The molecule has 0 saturated carbocycles. The van der Waals surface area contributed by atoms with Crippen molar-refractivity contribution in [1.29, 1.82) is 0 Å². The summed E-state index contributed by atoms with van der Waals surface area (Å²) in [6.07, 6.45) is 0. The molecule has 3 aromatic heterocycles. The number of benzene rings is 1. The molecule has 0 fully saturated rings. The Bertz CT molecular complexity index is 1390. The summed E-state index contributed by atoms with van der Waals surface area (Å²) in [5, 5.41) is 7.25. The highest BCUT2D eigenvalue weighted by Gasteiger charge is 2.20. The molecule has 0 unspecified atom stereocenters. The largest absolute Gasteiger partial charge is 0.351 e. The molecule has 2 N–H and O–H groups in total. The summed E-state index contributed by atoms with van der Waals surface area (Å²) in [6, 6.07) is 12.2. The normalized spacial score (nSPS) is 11.7. The first-order chi connectivity index (χ1) is 15.2. The number of rotatable bonds is 7. The highest BCUT2D eigenvalue weighted by molar-refractivity contribution is 7.89. The van der Waals surface area contributed by atoms with Crippen LogP contribution < -0.4 is 10.0 Å². The fourth-order valence-corrected chi connectivity index (χ4v) is 5.09. The molecule has 3 heterocycles. The Hall–Kier alpha value is -3.08. The maximum Gasteiger partial charge on any atom is 0.259 e. The highest BCUT2D eigenvalue weighted by Crippen LogP contribution is 2.31. The van der Waals surface area contributed by atoms with E-state index in [0.29, 0.717) is 22.3 Å². The van der Waals surface area contributed by atoms with Gasteiger partial charge in [-0.25, -0.2) is 18.1 Å². The van der Waals surface area contributed by atoms with Gasteiger partial charge >= 0.3 is 0 Å². The lowest BCUT2D eigenvalue weighted by Crippen LogP contribution is -2.34. The number of nitrogens with one attached hydrogen (secondary N) is 2. The molecule has 0 bridgehead atoms. The number of nitrogens with zero attached hydrogens (tertiary/aromatic N) is 2. The van der Waals surface area contributed by atoms with E-state index in [4.69, 9.17) is 4.52 Å². The fourth-order valence-electron chi connectivity index (χ4n) is 3.23. The molecule has 32 heavy (non-hydrogen) atoms. The van der Waals surface area contributed by atoms with Gasteiger partial charge in [-0.15, -0.1) is 11.3 Å². The molecular weight excluding hydrogens is 448 g/mol. The van der Waals surface area contributed by atoms with Crippen molar-refractivity contribution < 1.29 is 17.7 Å². The average Bonchev–Trinajstić information content (AvgIpc) is 3.36. The zero-order valence-corrected chi connectivity index (χ0v) is 19.4. The number of carbonyl (C=O) groups is 1. The topological polar surface area (TPSA) is 114 Å². The Morgan fingerprint density at radius 3 is 2.50 bits per heavy atom. The molecule has 0 saturated heterocycles. The summed E-state index contributed by atoms with van der Waals surface area (Å²) < 4.78 is 32.6. The molecule has 8 nitrogen and oxygen atoms in total. The Labute approximate surface area is 189 Å². The number of carbonyl (C=O) groups excluding carboxylic acids is 1. The minimum Gasteiger partial charge on any atom is -0.351 e. The van der Waals surface area contributed by atoms with Crippen LogP contribution in [0.1, 0.15) is 26.5 Å². The number of aromatic nitrogens is 2. The van der Waals surface area contributed by atoms with Crippen LogP contribution in [0.5, 0.6) is 0 Å². The lowest BCUT2D eigenvalue weighted by Gasteiger charge is -2.09. The summed E-state index contributed by atoms with van der Waals surface area (Å²) in [5.74, 6) is -0.354. The van der Waals surface area contributed by atoms with Crippen LogP contribution in [-0.4, -0.2) is 37.6 Å². The Morgan fingerprint density at radius 1 is 1.06 bits per heavy atom. The lowest BCUT2D eigenvalue weighted by atomic mass is 10.1. The third kappa shape index (κ3) is 4.57. The van der Waals surface area contributed by atoms with Gasteiger partial charge in [-0.2, -0.15) is 0 Å². The van der Waals surface area contributed by atoms with E-state index in [1.807, 2.05) is 26.0 Å². The first-order valence-electron chi connectivity index (χ1n) is 9.93. The number of hydrogen-bond donors (Lipinski definition) is 2. The first-order valence-corrected chi connectivity index (χ1v) is 12.2. The zero-order valence-electron chi connectivity index (χ0n) is 17.8. The standard InChI is InChI=1S/C22H22N4O4S2/c1-13-4-7-16(8-5-13)32(28,29)24-11-10-23-21(27)17-12-18(19-9-6-14(2)31-19)25-22-20(17)15(3)26-30-22/h4-9,12,24H,10-11H2,1-3H3,(H,23,27).